The molecule has 15 heteroatoms. The summed E-state index contributed by atoms with van der Waals surface area (Å²) in [6.07, 6.45) is -1.34. The molecule has 15 nitrogen and oxygen atoms in total. The number of rotatable bonds is 21. The Morgan fingerprint density at radius 1 is 0.706 bits per heavy atom. The van der Waals surface area contributed by atoms with Crippen LogP contribution in [-0.2, 0) is 33.4 Å². The summed E-state index contributed by atoms with van der Waals surface area (Å²) in [6, 6.07) is -4.07. The maximum Gasteiger partial charge on any atom is 0.326 e. The Morgan fingerprint density at radius 2 is 1.18 bits per heavy atom. The lowest BCUT2D eigenvalue weighted by Crippen LogP contribution is -2.51. The van der Waals surface area contributed by atoms with Crippen LogP contribution in [0.15, 0.2) is 0 Å². The van der Waals surface area contributed by atoms with Crippen molar-refractivity contribution in [3.05, 3.63) is 0 Å². The predicted molar refractivity (Wildman–Crippen MR) is 115 cm³/mol. The molecule has 0 bridgehead atoms. The van der Waals surface area contributed by atoms with Crippen molar-refractivity contribution in [1.29, 1.82) is 0 Å². The second kappa shape index (κ2) is 19.5. The highest BCUT2D eigenvalue weighted by Gasteiger charge is 2.25. The third-order valence-corrected chi connectivity index (χ3v) is 4.09. The molecule has 0 saturated heterocycles. The van der Waals surface area contributed by atoms with Gasteiger partial charge in [0.1, 0.15) is 12.1 Å². The summed E-state index contributed by atoms with van der Waals surface area (Å²) in [7, 11) is 0. The number of carbonyl (C=O) groups excluding carboxylic acids is 2. The van der Waals surface area contributed by atoms with Gasteiger partial charge in [-0.15, -0.1) is 0 Å². The van der Waals surface area contributed by atoms with Gasteiger partial charge in [-0.25, -0.2) is 14.4 Å². The summed E-state index contributed by atoms with van der Waals surface area (Å²) in [5, 5.41) is 33.5. The number of ether oxygens (including phenoxy) is 3. The van der Waals surface area contributed by atoms with Crippen molar-refractivity contribution >= 4 is 29.8 Å². The maximum absolute atomic E-state index is 11.9. The SMILES string of the molecule is NCCOCCOCCOCCNC(=O)CCC(NC(=O)NC(CCC(=O)O)C(=O)O)C(=O)O. The van der Waals surface area contributed by atoms with Crippen LogP contribution in [0, 0.1) is 0 Å². The molecule has 0 aromatic heterocycles. The summed E-state index contributed by atoms with van der Waals surface area (Å²) < 4.78 is 15.7. The number of carbonyl (C=O) groups is 5. The van der Waals surface area contributed by atoms with Crippen molar-refractivity contribution in [3.63, 3.8) is 0 Å². The van der Waals surface area contributed by atoms with Gasteiger partial charge < -0.3 is 51.2 Å². The zero-order valence-corrected chi connectivity index (χ0v) is 18.8. The van der Waals surface area contributed by atoms with E-state index < -0.39 is 48.4 Å². The monoisotopic (exact) mass is 494 g/mol. The minimum absolute atomic E-state index is 0.188. The largest absolute Gasteiger partial charge is 0.481 e. The van der Waals surface area contributed by atoms with Gasteiger partial charge in [0.05, 0.1) is 39.6 Å². The molecule has 34 heavy (non-hydrogen) atoms. The first-order valence-electron chi connectivity index (χ1n) is 10.6. The van der Waals surface area contributed by atoms with E-state index in [0.29, 0.717) is 39.6 Å². The predicted octanol–water partition coefficient (Wildman–Crippen LogP) is -2.04. The van der Waals surface area contributed by atoms with E-state index in [4.69, 9.17) is 30.2 Å². The molecule has 0 fully saturated rings. The fourth-order valence-electron chi connectivity index (χ4n) is 2.39. The van der Waals surface area contributed by atoms with Crippen LogP contribution in [-0.4, -0.2) is 110 Å². The van der Waals surface area contributed by atoms with E-state index in [2.05, 4.69) is 10.6 Å². The Kier molecular flexibility index (Phi) is 17.7. The van der Waals surface area contributed by atoms with E-state index in [9.17, 15) is 29.1 Å². The molecule has 0 aromatic carbocycles. The quantitative estimate of drug-likeness (QED) is 0.0855. The number of aliphatic carboxylic acids is 3. The summed E-state index contributed by atoms with van der Waals surface area (Å²) in [6.45, 7) is 2.84. The van der Waals surface area contributed by atoms with Crippen LogP contribution in [0.2, 0.25) is 0 Å². The summed E-state index contributed by atoms with van der Waals surface area (Å²) in [4.78, 5) is 56.8. The molecule has 2 unspecified atom stereocenters. The van der Waals surface area contributed by atoms with Gasteiger partial charge in [-0.3, -0.25) is 9.59 Å². The van der Waals surface area contributed by atoms with Gasteiger partial charge in [0.15, 0.2) is 0 Å². The van der Waals surface area contributed by atoms with Crippen LogP contribution in [0.4, 0.5) is 4.79 Å². The lowest BCUT2D eigenvalue weighted by molar-refractivity contribution is -0.141. The first-order chi connectivity index (χ1) is 16.2. The molecular weight excluding hydrogens is 460 g/mol. The van der Waals surface area contributed by atoms with Gasteiger partial charge in [-0.05, 0) is 12.8 Å². The molecule has 0 spiro atoms. The normalized spacial score (nSPS) is 12.4. The molecule has 8 N–H and O–H groups in total. The van der Waals surface area contributed by atoms with Crippen LogP contribution in [0.3, 0.4) is 0 Å². The lowest BCUT2D eigenvalue weighted by Gasteiger charge is -2.18. The van der Waals surface area contributed by atoms with Gasteiger partial charge in [0, 0.05) is 25.9 Å². The highest BCUT2D eigenvalue weighted by Crippen LogP contribution is 2.01. The summed E-state index contributed by atoms with van der Waals surface area (Å²) in [5.74, 6) is -4.59. The topological polar surface area (TPSA) is 236 Å². The molecule has 0 aliphatic rings. The molecule has 0 aliphatic heterocycles. The van der Waals surface area contributed by atoms with E-state index in [-0.39, 0.29) is 32.4 Å². The smallest absolute Gasteiger partial charge is 0.326 e. The van der Waals surface area contributed by atoms with Crippen molar-refractivity contribution < 1.29 is 53.5 Å². The molecular formula is C19H34N4O11. The average Bonchev–Trinajstić information content (AvgIpc) is 2.77. The Balaban J connectivity index is 4.09. The highest BCUT2D eigenvalue weighted by molar-refractivity contribution is 5.86. The first-order valence-corrected chi connectivity index (χ1v) is 10.6. The molecule has 3 amide bonds. The van der Waals surface area contributed by atoms with Crippen molar-refractivity contribution in [3.8, 4) is 0 Å². The van der Waals surface area contributed by atoms with E-state index >= 15 is 0 Å². The molecule has 0 saturated carbocycles. The highest BCUT2D eigenvalue weighted by atomic mass is 16.5. The molecule has 196 valence electrons. The molecule has 0 heterocycles. The van der Waals surface area contributed by atoms with Crippen LogP contribution in [0.25, 0.3) is 0 Å². The van der Waals surface area contributed by atoms with Gasteiger partial charge in [0.2, 0.25) is 5.91 Å². The fraction of sp³-hybridized carbons (Fsp3) is 0.737. The minimum atomic E-state index is -1.51. The number of nitrogens with one attached hydrogen (secondary N) is 3. The lowest BCUT2D eigenvalue weighted by atomic mass is 10.1. The minimum Gasteiger partial charge on any atom is -0.481 e. The van der Waals surface area contributed by atoms with Crippen LogP contribution < -0.4 is 21.7 Å². The third-order valence-electron chi connectivity index (χ3n) is 4.09. The van der Waals surface area contributed by atoms with E-state index in [1.807, 2.05) is 5.32 Å². The number of carboxylic acids is 3. The summed E-state index contributed by atoms with van der Waals surface area (Å²) in [5.41, 5.74) is 5.27. The number of carboxylic acid groups (broad SMARTS) is 3. The first kappa shape index (κ1) is 31.0. The number of nitrogens with two attached hydrogens (primary N) is 1. The van der Waals surface area contributed by atoms with Crippen LogP contribution in [0.1, 0.15) is 25.7 Å². The second-order valence-corrected chi connectivity index (χ2v) is 6.85. The second-order valence-electron chi connectivity index (χ2n) is 6.85. The molecule has 0 aromatic rings. The van der Waals surface area contributed by atoms with Crippen molar-refractivity contribution in [2.24, 2.45) is 5.73 Å². The zero-order chi connectivity index (χ0) is 25.8. The Morgan fingerprint density at radius 3 is 1.65 bits per heavy atom. The number of hydrogen-bond acceptors (Lipinski definition) is 9. The van der Waals surface area contributed by atoms with Crippen molar-refractivity contribution in [2.45, 2.75) is 37.8 Å². The molecule has 0 radical (unpaired) electrons. The van der Waals surface area contributed by atoms with E-state index in [1.165, 1.54) is 0 Å². The van der Waals surface area contributed by atoms with Gasteiger partial charge in [-0.2, -0.15) is 0 Å². The third kappa shape index (κ3) is 17.5. The average molecular weight is 494 g/mol. The fourth-order valence-corrected chi connectivity index (χ4v) is 2.39. The van der Waals surface area contributed by atoms with Gasteiger partial charge >= 0.3 is 23.9 Å². The number of amides is 3. The van der Waals surface area contributed by atoms with Gasteiger partial charge in [0.25, 0.3) is 0 Å². The van der Waals surface area contributed by atoms with Crippen molar-refractivity contribution in [2.75, 3.05) is 52.7 Å². The van der Waals surface area contributed by atoms with Crippen molar-refractivity contribution in [1.82, 2.24) is 16.0 Å². The molecule has 2 atom stereocenters. The Labute approximate surface area is 196 Å². The number of urea groups is 1. The molecule has 0 aliphatic carbocycles. The molecule has 0 rings (SSSR count). The van der Waals surface area contributed by atoms with Gasteiger partial charge in [-0.1, -0.05) is 0 Å². The summed E-state index contributed by atoms with van der Waals surface area (Å²) >= 11 is 0. The Hall–Kier alpha value is -3.01. The number of hydrogen-bond donors (Lipinski definition) is 7. The zero-order valence-electron chi connectivity index (χ0n) is 18.8. The van der Waals surface area contributed by atoms with Crippen LogP contribution in [0.5, 0.6) is 0 Å². The van der Waals surface area contributed by atoms with E-state index in [1.54, 1.807) is 0 Å². The van der Waals surface area contributed by atoms with Crippen LogP contribution >= 0.6 is 0 Å². The van der Waals surface area contributed by atoms with E-state index in [0.717, 1.165) is 0 Å². The Bertz CT molecular complexity index is 648. The standard InChI is InChI=1S/C19H34N4O11/c20-5-7-32-9-11-34-12-10-33-8-6-21-15(24)3-1-13(17(27)28)22-19(31)23-14(18(29)30)2-4-16(25)26/h13-14H,1-12,20H2,(H,21,24)(H,25,26)(H,27,28)(H,29,30)(H2,22,23,31). The maximum atomic E-state index is 11.9.